The highest BCUT2D eigenvalue weighted by Crippen LogP contribution is 2.29. The van der Waals surface area contributed by atoms with Crippen LogP contribution in [0, 0.1) is 13.8 Å². The Labute approximate surface area is 101 Å². The molecule has 90 valence electrons. The Morgan fingerprint density at radius 2 is 1.94 bits per heavy atom. The fraction of sp³-hybridized carbons (Fsp3) is 0.286. The number of nitrogen functional groups attached to an aromatic ring is 1. The van der Waals surface area contributed by atoms with E-state index in [-0.39, 0.29) is 0 Å². The van der Waals surface area contributed by atoms with Gasteiger partial charge in [-0.3, -0.25) is 0 Å². The lowest BCUT2D eigenvalue weighted by molar-refractivity contribution is 0.165. The van der Waals surface area contributed by atoms with E-state index < -0.39 is 0 Å². The fourth-order valence-electron chi connectivity index (χ4n) is 1.85. The molecule has 17 heavy (non-hydrogen) atoms. The van der Waals surface area contributed by atoms with E-state index in [2.05, 4.69) is 6.07 Å². The van der Waals surface area contributed by atoms with E-state index in [0.717, 1.165) is 33.9 Å². The molecule has 0 saturated carbocycles. The monoisotopic (exact) mass is 231 g/mol. The van der Waals surface area contributed by atoms with Crippen molar-refractivity contribution in [1.29, 1.82) is 0 Å². The first-order chi connectivity index (χ1) is 8.11. The second-order valence-electron chi connectivity index (χ2n) is 4.22. The van der Waals surface area contributed by atoms with Crippen LogP contribution in [-0.4, -0.2) is 7.11 Å². The summed E-state index contributed by atoms with van der Waals surface area (Å²) in [5, 5.41) is 0. The lowest BCUT2D eigenvalue weighted by Crippen LogP contribution is -1.92. The molecular formula is C14H17NO2. The van der Waals surface area contributed by atoms with E-state index in [4.69, 9.17) is 14.9 Å². The van der Waals surface area contributed by atoms with Crippen LogP contribution in [0.3, 0.4) is 0 Å². The average Bonchev–Trinajstić information content (AvgIpc) is 2.72. The number of aryl methyl sites for hydroxylation is 2. The molecule has 0 radical (unpaired) electrons. The summed E-state index contributed by atoms with van der Waals surface area (Å²) in [7, 11) is 1.65. The third kappa shape index (κ3) is 2.34. The quantitative estimate of drug-likeness (QED) is 0.824. The Bertz CT molecular complexity index is 529. The number of furan rings is 1. The van der Waals surface area contributed by atoms with Gasteiger partial charge in [0.2, 0.25) is 0 Å². The first-order valence-corrected chi connectivity index (χ1v) is 5.56. The molecule has 0 aliphatic heterocycles. The standard InChI is InChI=1S/C14H17NO2/c1-9-7-13(15)10(2)6-12(9)14-5-4-11(17-14)8-16-3/h4-7H,8,15H2,1-3H3. The third-order valence-corrected chi connectivity index (χ3v) is 2.83. The van der Waals surface area contributed by atoms with Crippen molar-refractivity contribution in [3.8, 4) is 11.3 Å². The normalized spacial score (nSPS) is 10.8. The molecular weight excluding hydrogens is 214 g/mol. The zero-order valence-corrected chi connectivity index (χ0v) is 10.4. The van der Waals surface area contributed by atoms with Gasteiger partial charge in [-0.1, -0.05) is 0 Å². The predicted octanol–water partition coefficient (Wildman–Crippen LogP) is 3.29. The van der Waals surface area contributed by atoms with E-state index in [0.29, 0.717) is 6.61 Å². The molecule has 0 unspecified atom stereocenters. The third-order valence-electron chi connectivity index (χ3n) is 2.83. The van der Waals surface area contributed by atoms with Crippen molar-refractivity contribution in [2.24, 2.45) is 0 Å². The molecule has 0 bridgehead atoms. The van der Waals surface area contributed by atoms with Gasteiger partial charge in [0.1, 0.15) is 18.1 Å². The fourth-order valence-corrected chi connectivity index (χ4v) is 1.85. The van der Waals surface area contributed by atoms with Crippen LogP contribution in [0.2, 0.25) is 0 Å². The van der Waals surface area contributed by atoms with Crippen LogP contribution in [0.4, 0.5) is 5.69 Å². The van der Waals surface area contributed by atoms with Gasteiger partial charge in [0, 0.05) is 18.4 Å². The van der Waals surface area contributed by atoms with Crippen molar-refractivity contribution in [2.75, 3.05) is 12.8 Å². The van der Waals surface area contributed by atoms with Crippen LogP contribution in [0.25, 0.3) is 11.3 Å². The van der Waals surface area contributed by atoms with Gasteiger partial charge in [-0.05, 0) is 49.2 Å². The van der Waals surface area contributed by atoms with E-state index in [1.54, 1.807) is 7.11 Å². The number of hydrogen-bond donors (Lipinski definition) is 1. The molecule has 0 aliphatic rings. The van der Waals surface area contributed by atoms with Crippen molar-refractivity contribution in [2.45, 2.75) is 20.5 Å². The Morgan fingerprint density at radius 1 is 1.18 bits per heavy atom. The summed E-state index contributed by atoms with van der Waals surface area (Å²) in [5.41, 5.74) is 9.95. The average molecular weight is 231 g/mol. The zero-order chi connectivity index (χ0) is 12.4. The lowest BCUT2D eigenvalue weighted by atomic mass is 10.0. The zero-order valence-electron chi connectivity index (χ0n) is 10.4. The number of anilines is 1. The number of benzene rings is 1. The summed E-state index contributed by atoms with van der Waals surface area (Å²) in [6.07, 6.45) is 0. The van der Waals surface area contributed by atoms with Gasteiger partial charge in [0.05, 0.1) is 0 Å². The maximum atomic E-state index is 5.87. The SMILES string of the molecule is COCc1ccc(-c2cc(C)c(N)cc2C)o1. The maximum Gasteiger partial charge on any atom is 0.134 e. The van der Waals surface area contributed by atoms with Gasteiger partial charge in [-0.15, -0.1) is 0 Å². The summed E-state index contributed by atoms with van der Waals surface area (Å²) in [4.78, 5) is 0. The molecule has 3 nitrogen and oxygen atoms in total. The predicted molar refractivity (Wildman–Crippen MR) is 68.7 cm³/mol. The smallest absolute Gasteiger partial charge is 0.134 e. The van der Waals surface area contributed by atoms with Crippen molar-refractivity contribution in [3.05, 3.63) is 41.2 Å². The topological polar surface area (TPSA) is 48.4 Å². The molecule has 2 aromatic rings. The van der Waals surface area contributed by atoms with Crippen LogP contribution in [0.5, 0.6) is 0 Å². The molecule has 0 fully saturated rings. The Hall–Kier alpha value is -1.74. The number of methoxy groups -OCH3 is 1. The summed E-state index contributed by atoms with van der Waals surface area (Å²) < 4.78 is 10.8. The van der Waals surface area contributed by atoms with E-state index in [1.165, 1.54) is 0 Å². The molecule has 3 heteroatoms. The highest BCUT2D eigenvalue weighted by atomic mass is 16.5. The number of ether oxygens (including phenoxy) is 1. The van der Waals surface area contributed by atoms with E-state index in [9.17, 15) is 0 Å². The minimum absolute atomic E-state index is 0.493. The van der Waals surface area contributed by atoms with Crippen molar-refractivity contribution in [3.63, 3.8) is 0 Å². The van der Waals surface area contributed by atoms with Crippen LogP contribution < -0.4 is 5.73 Å². The largest absolute Gasteiger partial charge is 0.459 e. The van der Waals surface area contributed by atoms with Crippen LogP contribution in [0.1, 0.15) is 16.9 Å². The van der Waals surface area contributed by atoms with Gasteiger partial charge in [-0.25, -0.2) is 0 Å². The van der Waals surface area contributed by atoms with Crippen LogP contribution >= 0.6 is 0 Å². The number of nitrogens with two attached hydrogens (primary N) is 1. The molecule has 2 rings (SSSR count). The molecule has 0 amide bonds. The molecule has 1 aromatic heterocycles. The van der Waals surface area contributed by atoms with Gasteiger partial charge in [0.15, 0.2) is 0 Å². The first-order valence-electron chi connectivity index (χ1n) is 5.56. The van der Waals surface area contributed by atoms with Gasteiger partial charge in [-0.2, -0.15) is 0 Å². The molecule has 1 heterocycles. The summed E-state index contributed by atoms with van der Waals surface area (Å²) in [6.45, 7) is 4.52. The molecule has 0 saturated heterocycles. The Kier molecular flexibility index (Phi) is 3.20. The van der Waals surface area contributed by atoms with Gasteiger partial charge in [0.25, 0.3) is 0 Å². The molecule has 0 atom stereocenters. The lowest BCUT2D eigenvalue weighted by Gasteiger charge is -2.07. The number of rotatable bonds is 3. The van der Waals surface area contributed by atoms with Crippen LogP contribution in [0.15, 0.2) is 28.7 Å². The summed E-state index contributed by atoms with van der Waals surface area (Å²) >= 11 is 0. The second kappa shape index (κ2) is 4.63. The molecule has 2 N–H and O–H groups in total. The summed E-state index contributed by atoms with van der Waals surface area (Å²) in [6, 6.07) is 7.93. The molecule has 0 spiro atoms. The molecule has 0 aliphatic carbocycles. The molecule has 1 aromatic carbocycles. The van der Waals surface area contributed by atoms with E-state index in [1.807, 2.05) is 32.0 Å². The minimum atomic E-state index is 0.493. The highest BCUT2D eigenvalue weighted by Gasteiger charge is 2.09. The highest BCUT2D eigenvalue weighted by molar-refractivity contribution is 5.68. The second-order valence-corrected chi connectivity index (χ2v) is 4.22. The maximum absolute atomic E-state index is 5.87. The van der Waals surface area contributed by atoms with Crippen LogP contribution in [-0.2, 0) is 11.3 Å². The van der Waals surface area contributed by atoms with Gasteiger partial charge < -0.3 is 14.9 Å². The number of hydrogen-bond acceptors (Lipinski definition) is 3. The van der Waals surface area contributed by atoms with Crippen molar-refractivity contribution >= 4 is 5.69 Å². The summed E-state index contributed by atoms with van der Waals surface area (Å²) in [5.74, 6) is 1.69. The Morgan fingerprint density at radius 3 is 2.65 bits per heavy atom. The van der Waals surface area contributed by atoms with Crippen molar-refractivity contribution < 1.29 is 9.15 Å². The van der Waals surface area contributed by atoms with Crippen molar-refractivity contribution in [1.82, 2.24) is 0 Å². The first kappa shape index (κ1) is 11.7. The van der Waals surface area contributed by atoms with E-state index >= 15 is 0 Å². The van der Waals surface area contributed by atoms with Gasteiger partial charge >= 0.3 is 0 Å². The Balaban J connectivity index is 2.41. The minimum Gasteiger partial charge on any atom is -0.459 e.